The summed E-state index contributed by atoms with van der Waals surface area (Å²) in [6, 6.07) is 9.24. The van der Waals surface area contributed by atoms with Gasteiger partial charge in [-0.3, -0.25) is 9.59 Å². The number of likely N-dealkylation sites (tertiary alicyclic amines) is 1. The van der Waals surface area contributed by atoms with Crippen LogP contribution in [0.4, 0.5) is 8.78 Å². The van der Waals surface area contributed by atoms with Gasteiger partial charge in [0.1, 0.15) is 0 Å². The van der Waals surface area contributed by atoms with Gasteiger partial charge in [0, 0.05) is 30.3 Å². The summed E-state index contributed by atoms with van der Waals surface area (Å²) in [5.74, 6) is -2.21. The third kappa shape index (κ3) is 3.70. The summed E-state index contributed by atoms with van der Waals surface area (Å²) in [4.78, 5) is 25.9. The van der Waals surface area contributed by atoms with E-state index in [1.807, 2.05) is 30.3 Å². The molecule has 1 amide bonds. The summed E-state index contributed by atoms with van der Waals surface area (Å²) >= 11 is 0. The second-order valence-electron chi connectivity index (χ2n) is 6.81. The summed E-state index contributed by atoms with van der Waals surface area (Å²) < 4.78 is 26.6. The Morgan fingerprint density at radius 1 is 1.22 bits per heavy atom. The molecule has 8 heteroatoms. The first kappa shape index (κ1) is 19.0. The Bertz CT molecular complexity index is 851. The number of benzene rings is 1. The van der Waals surface area contributed by atoms with Crippen LogP contribution in [0.2, 0.25) is 0 Å². The van der Waals surface area contributed by atoms with E-state index in [0.29, 0.717) is 22.5 Å². The van der Waals surface area contributed by atoms with Crippen molar-refractivity contribution in [2.75, 3.05) is 13.1 Å². The highest BCUT2D eigenvalue weighted by atomic mass is 19.3. The normalized spacial score (nSPS) is 19.7. The number of amides is 1. The molecule has 1 aromatic heterocycles. The van der Waals surface area contributed by atoms with Crippen LogP contribution in [0.25, 0.3) is 0 Å². The number of alkyl halides is 2. The zero-order valence-corrected chi connectivity index (χ0v) is 15.1. The van der Waals surface area contributed by atoms with Gasteiger partial charge < -0.3 is 10.0 Å². The summed E-state index contributed by atoms with van der Waals surface area (Å²) in [5.41, 5.74) is 1.98. The van der Waals surface area contributed by atoms with Crippen molar-refractivity contribution < 1.29 is 23.5 Å². The fourth-order valence-corrected chi connectivity index (χ4v) is 3.70. The molecule has 0 saturated carbocycles. The lowest BCUT2D eigenvalue weighted by molar-refractivity contribution is -0.141. The van der Waals surface area contributed by atoms with Crippen LogP contribution in [0.15, 0.2) is 30.3 Å². The molecule has 2 aromatic rings. The maximum atomic E-state index is 13.0. The van der Waals surface area contributed by atoms with Gasteiger partial charge in [-0.25, -0.2) is 4.68 Å². The average Bonchev–Trinajstić information content (AvgIpc) is 3.20. The minimum Gasteiger partial charge on any atom is -0.481 e. The molecule has 3 rings (SSSR count). The van der Waals surface area contributed by atoms with Crippen molar-refractivity contribution in [2.24, 2.45) is 5.92 Å². The summed E-state index contributed by atoms with van der Waals surface area (Å²) in [5, 5.41) is 13.3. The van der Waals surface area contributed by atoms with Crippen LogP contribution in [0.3, 0.4) is 0 Å². The molecule has 1 aliphatic rings. The van der Waals surface area contributed by atoms with Crippen LogP contribution >= 0.6 is 0 Å². The third-order valence-electron chi connectivity index (χ3n) is 5.21. The van der Waals surface area contributed by atoms with Gasteiger partial charge in [0.2, 0.25) is 5.91 Å². The fourth-order valence-electron chi connectivity index (χ4n) is 3.70. The van der Waals surface area contributed by atoms with E-state index in [9.17, 15) is 23.5 Å². The Morgan fingerprint density at radius 2 is 1.89 bits per heavy atom. The van der Waals surface area contributed by atoms with E-state index in [4.69, 9.17) is 0 Å². The Hall–Kier alpha value is -2.77. The number of hydrogen-bond acceptors (Lipinski definition) is 3. The monoisotopic (exact) mass is 377 g/mol. The first-order chi connectivity index (χ1) is 12.8. The van der Waals surface area contributed by atoms with Gasteiger partial charge in [0.15, 0.2) is 0 Å². The maximum absolute atomic E-state index is 13.0. The standard InChI is InChI=1S/C19H21F2N3O3/c1-11-14(12(2)24(22-11)19(20)21)8-17(25)23-9-15(16(10-23)18(26)27)13-6-4-3-5-7-13/h3-7,15-16,19H,8-10H2,1-2H3,(H,26,27). The fraction of sp³-hybridized carbons (Fsp3) is 0.421. The number of aromatic nitrogens is 2. The maximum Gasteiger partial charge on any atom is 0.333 e. The summed E-state index contributed by atoms with van der Waals surface area (Å²) in [7, 11) is 0. The third-order valence-corrected chi connectivity index (χ3v) is 5.21. The van der Waals surface area contributed by atoms with Crippen molar-refractivity contribution in [1.82, 2.24) is 14.7 Å². The van der Waals surface area contributed by atoms with Crippen LogP contribution < -0.4 is 0 Å². The van der Waals surface area contributed by atoms with Gasteiger partial charge in [-0.05, 0) is 19.4 Å². The number of carbonyl (C=O) groups excluding carboxylic acids is 1. The van der Waals surface area contributed by atoms with Gasteiger partial charge in [-0.1, -0.05) is 30.3 Å². The molecular weight excluding hydrogens is 356 g/mol. The van der Waals surface area contributed by atoms with Gasteiger partial charge in [0.05, 0.1) is 18.0 Å². The van der Waals surface area contributed by atoms with Crippen molar-refractivity contribution in [2.45, 2.75) is 32.7 Å². The first-order valence-corrected chi connectivity index (χ1v) is 8.67. The van der Waals surface area contributed by atoms with Gasteiger partial charge in [-0.2, -0.15) is 13.9 Å². The number of halogens is 2. The molecule has 0 bridgehead atoms. The lowest BCUT2D eigenvalue weighted by atomic mass is 9.89. The van der Waals surface area contributed by atoms with Gasteiger partial charge in [-0.15, -0.1) is 0 Å². The molecule has 1 aliphatic heterocycles. The van der Waals surface area contributed by atoms with Crippen molar-refractivity contribution in [3.8, 4) is 0 Å². The van der Waals surface area contributed by atoms with Gasteiger partial charge in [0.25, 0.3) is 0 Å². The number of aliphatic carboxylic acids is 1. The zero-order valence-electron chi connectivity index (χ0n) is 15.1. The SMILES string of the molecule is Cc1nn(C(F)F)c(C)c1CC(=O)N1CC(C(=O)O)C(c2ccccc2)C1. The molecule has 1 N–H and O–H groups in total. The lowest BCUT2D eigenvalue weighted by Gasteiger charge is -2.17. The predicted octanol–water partition coefficient (Wildman–Crippen LogP) is 2.76. The Labute approximate surface area is 155 Å². The molecule has 2 heterocycles. The number of rotatable bonds is 5. The van der Waals surface area contributed by atoms with Crippen molar-refractivity contribution in [3.05, 3.63) is 52.8 Å². The minimum absolute atomic E-state index is 0.0712. The minimum atomic E-state index is -2.77. The van der Waals surface area contributed by atoms with E-state index in [-0.39, 0.29) is 30.5 Å². The van der Waals surface area contributed by atoms with E-state index in [1.54, 1.807) is 6.92 Å². The van der Waals surface area contributed by atoms with Gasteiger partial charge >= 0.3 is 12.5 Å². The molecule has 2 atom stereocenters. The second kappa shape index (κ2) is 7.46. The van der Waals surface area contributed by atoms with Crippen LogP contribution in [-0.4, -0.2) is 44.8 Å². The first-order valence-electron chi connectivity index (χ1n) is 8.67. The molecule has 1 aromatic carbocycles. The quantitative estimate of drug-likeness (QED) is 0.869. The molecular formula is C19H21F2N3O3. The number of aryl methyl sites for hydroxylation is 1. The average molecular weight is 377 g/mol. The number of carboxylic acids is 1. The van der Waals surface area contributed by atoms with Crippen LogP contribution in [0.5, 0.6) is 0 Å². The Balaban J connectivity index is 1.79. The van der Waals surface area contributed by atoms with Crippen LogP contribution in [0.1, 0.15) is 35.0 Å². The van der Waals surface area contributed by atoms with E-state index in [1.165, 1.54) is 11.8 Å². The van der Waals surface area contributed by atoms with E-state index in [2.05, 4.69) is 5.10 Å². The second-order valence-corrected chi connectivity index (χ2v) is 6.81. The molecule has 0 aliphatic carbocycles. The number of nitrogens with zero attached hydrogens (tertiary/aromatic N) is 3. The number of carboxylic acid groups (broad SMARTS) is 1. The van der Waals surface area contributed by atoms with Crippen molar-refractivity contribution in [1.29, 1.82) is 0 Å². The molecule has 27 heavy (non-hydrogen) atoms. The molecule has 2 unspecified atom stereocenters. The molecule has 6 nitrogen and oxygen atoms in total. The number of carbonyl (C=O) groups is 2. The molecule has 1 fully saturated rings. The molecule has 1 saturated heterocycles. The topological polar surface area (TPSA) is 75.4 Å². The highest BCUT2D eigenvalue weighted by Crippen LogP contribution is 2.33. The summed E-state index contributed by atoms with van der Waals surface area (Å²) in [6.45, 7) is 0.727. The Kier molecular flexibility index (Phi) is 5.25. The van der Waals surface area contributed by atoms with Crippen molar-refractivity contribution >= 4 is 11.9 Å². The van der Waals surface area contributed by atoms with Crippen LogP contribution in [-0.2, 0) is 16.0 Å². The van der Waals surface area contributed by atoms with Crippen molar-refractivity contribution in [3.63, 3.8) is 0 Å². The molecule has 0 radical (unpaired) electrons. The largest absolute Gasteiger partial charge is 0.481 e. The molecule has 0 spiro atoms. The highest BCUT2D eigenvalue weighted by Gasteiger charge is 2.40. The smallest absolute Gasteiger partial charge is 0.333 e. The Morgan fingerprint density at radius 3 is 2.44 bits per heavy atom. The zero-order chi connectivity index (χ0) is 19.7. The number of hydrogen-bond donors (Lipinski definition) is 1. The van der Waals surface area contributed by atoms with Crippen LogP contribution in [0, 0.1) is 19.8 Å². The van der Waals surface area contributed by atoms with E-state index >= 15 is 0 Å². The molecule has 144 valence electrons. The highest BCUT2D eigenvalue weighted by molar-refractivity contribution is 5.82. The lowest BCUT2D eigenvalue weighted by Crippen LogP contribution is -2.31. The summed E-state index contributed by atoms with van der Waals surface area (Å²) in [6.07, 6.45) is -0.0712. The van der Waals surface area contributed by atoms with E-state index in [0.717, 1.165) is 5.56 Å². The predicted molar refractivity (Wildman–Crippen MR) is 93.5 cm³/mol. The van der Waals surface area contributed by atoms with E-state index < -0.39 is 18.4 Å².